The standard InChI is InChI=1S/C18H22F2N4O/c1-3-4-13-11(2)22-18(24-5-7-25-8-6-24)23-17(13)12-9-14(19)16(21)15(20)10-12/h9-10H,3-8,21H2,1-2H3. The highest BCUT2D eigenvalue weighted by molar-refractivity contribution is 5.68. The zero-order chi connectivity index (χ0) is 18.0. The Morgan fingerprint density at radius 1 is 1.16 bits per heavy atom. The summed E-state index contributed by atoms with van der Waals surface area (Å²) in [6.45, 7) is 6.56. The van der Waals surface area contributed by atoms with E-state index in [0.29, 0.717) is 43.5 Å². The summed E-state index contributed by atoms with van der Waals surface area (Å²) in [5, 5.41) is 0. The Morgan fingerprint density at radius 3 is 2.40 bits per heavy atom. The molecule has 0 aliphatic carbocycles. The number of aromatic nitrogens is 2. The van der Waals surface area contributed by atoms with Crippen LogP contribution in [0.25, 0.3) is 11.3 Å². The molecular formula is C18H22F2N4O. The van der Waals surface area contributed by atoms with Crippen LogP contribution in [0.1, 0.15) is 24.6 Å². The topological polar surface area (TPSA) is 64.3 Å². The van der Waals surface area contributed by atoms with E-state index in [1.165, 1.54) is 12.1 Å². The third-order valence-electron chi connectivity index (χ3n) is 4.35. The number of hydrogen-bond donors (Lipinski definition) is 1. The van der Waals surface area contributed by atoms with Crippen LogP contribution in [-0.4, -0.2) is 36.3 Å². The van der Waals surface area contributed by atoms with E-state index in [1.807, 2.05) is 18.7 Å². The minimum atomic E-state index is -0.776. The van der Waals surface area contributed by atoms with Gasteiger partial charge in [0.1, 0.15) is 17.3 Å². The number of benzene rings is 1. The highest BCUT2D eigenvalue weighted by Gasteiger charge is 2.20. The number of morpholine rings is 1. The van der Waals surface area contributed by atoms with Crippen molar-refractivity contribution in [2.75, 3.05) is 36.9 Å². The molecule has 25 heavy (non-hydrogen) atoms. The van der Waals surface area contributed by atoms with Crippen LogP contribution in [0.15, 0.2) is 12.1 Å². The monoisotopic (exact) mass is 348 g/mol. The first-order valence-electron chi connectivity index (χ1n) is 8.46. The number of aryl methyl sites for hydroxylation is 1. The average Bonchev–Trinajstić information content (AvgIpc) is 2.61. The van der Waals surface area contributed by atoms with Crippen molar-refractivity contribution in [3.05, 3.63) is 35.0 Å². The van der Waals surface area contributed by atoms with Gasteiger partial charge in [0, 0.05) is 24.3 Å². The van der Waals surface area contributed by atoms with Crippen LogP contribution < -0.4 is 10.6 Å². The van der Waals surface area contributed by atoms with E-state index in [4.69, 9.17) is 10.5 Å². The fraction of sp³-hybridized carbons (Fsp3) is 0.444. The van der Waals surface area contributed by atoms with Crippen LogP contribution in [-0.2, 0) is 11.2 Å². The van der Waals surface area contributed by atoms with Gasteiger partial charge in [-0.25, -0.2) is 18.7 Å². The summed E-state index contributed by atoms with van der Waals surface area (Å²) >= 11 is 0. The van der Waals surface area contributed by atoms with Gasteiger partial charge < -0.3 is 15.4 Å². The maximum Gasteiger partial charge on any atom is 0.226 e. The molecule has 0 unspecified atom stereocenters. The van der Waals surface area contributed by atoms with Crippen molar-refractivity contribution in [3.8, 4) is 11.3 Å². The first-order chi connectivity index (χ1) is 12.0. The van der Waals surface area contributed by atoms with Crippen molar-refractivity contribution < 1.29 is 13.5 Å². The lowest BCUT2D eigenvalue weighted by Crippen LogP contribution is -2.37. The second-order valence-electron chi connectivity index (χ2n) is 6.14. The Bertz CT molecular complexity index is 753. The molecule has 7 heteroatoms. The van der Waals surface area contributed by atoms with Gasteiger partial charge in [0.05, 0.1) is 18.9 Å². The summed E-state index contributed by atoms with van der Waals surface area (Å²) in [6, 6.07) is 2.48. The van der Waals surface area contributed by atoms with E-state index < -0.39 is 17.3 Å². The summed E-state index contributed by atoms with van der Waals surface area (Å²) < 4.78 is 33.3. The number of halogens is 2. The van der Waals surface area contributed by atoms with Crippen molar-refractivity contribution >= 4 is 11.6 Å². The molecule has 1 aromatic carbocycles. The van der Waals surface area contributed by atoms with Crippen LogP contribution >= 0.6 is 0 Å². The lowest BCUT2D eigenvalue weighted by molar-refractivity contribution is 0.122. The molecule has 0 spiro atoms. The van der Waals surface area contributed by atoms with Crippen LogP contribution in [0.3, 0.4) is 0 Å². The van der Waals surface area contributed by atoms with Gasteiger partial charge in [0.15, 0.2) is 0 Å². The van der Waals surface area contributed by atoms with Gasteiger partial charge in [-0.1, -0.05) is 13.3 Å². The van der Waals surface area contributed by atoms with Crippen LogP contribution in [0, 0.1) is 18.6 Å². The Hall–Kier alpha value is -2.28. The fourth-order valence-corrected chi connectivity index (χ4v) is 3.00. The number of rotatable bonds is 4. The number of hydrogen-bond acceptors (Lipinski definition) is 5. The molecule has 0 radical (unpaired) electrons. The third kappa shape index (κ3) is 3.56. The SMILES string of the molecule is CCCc1c(C)nc(N2CCOCC2)nc1-c1cc(F)c(N)c(F)c1. The summed E-state index contributed by atoms with van der Waals surface area (Å²) in [4.78, 5) is 11.3. The van der Waals surface area contributed by atoms with Gasteiger partial charge >= 0.3 is 0 Å². The summed E-state index contributed by atoms with van der Waals surface area (Å²) in [5.74, 6) is -0.989. The molecule has 1 aliphatic rings. The Balaban J connectivity index is 2.13. The zero-order valence-electron chi connectivity index (χ0n) is 14.5. The number of ether oxygens (including phenoxy) is 1. The fourth-order valence-electron chi connectivity index (χ4n) is 3.00. The van der Waals surface area contributed by atoms with Crippen molar-refractivity contribution in [3.63, 3.8) is 0 Å². The second-order valence-corrected chi connectivity index (χ2v) is 6.14. The summed E-state index contributed by atoms with van der Waals surface area (Å²) in [5.41, 5.74) is 7.60. The smallest absolute Gasteiger partial charge is 0.226 e. The molecule has 0 atom stereocenters. The van der Waals surface area contributed by atoms with Gasteiger partial charge in [-0.15, -0.1) is 0 Å². The summed E-state index contributed by atoms with van der Waals surface area (Å²) in [6.07, 6.45) is 1.62. The zero-order valence-corrected chi connectivity index (χ0v) is 14.5. The molecule has 1 saturated heterocycles. The molecule has 5 nitrogen and oxygen atoms in total. The minimum absolute atomic E-state index is 0.382. The molecule has 0 bridgehead atoms. The molecule has 1 fully saturated rings. The predicted molar refractivity (Wildman–Crippen MR) is 93.6 cm³/mol. The molecule has 3 rings (SSSR count). The first kappa shape index (κ1) is 17.5. The van der Waals surface area contributed by atoms with Gasteiger partial charge in [0.2, 0.25) is 5.95 Å². The van der Waals surface area contributed by atoms with Gasteiger partial charge in [-0.05, 0) is 31.0 Å². The Kier molecular flexibility index (Phi) is 5.13. The number of nitrogens with two attached hydrogens (primary N) is 1. The van der Waals surface area contributed by atoms with E-state index in [1.54, 1.807) is 0 Å². The largest absolute Gasteiger partial charge is 0.394 e. The van der Waals surface area contributed by atoms with Crippen LogP contribution in [0.5, 0.6) is 0 Å². The highest BCUT2D eigenvalue weighted by atomic mass is 19.1. The maximum atomic E-state index is 14.0. The molecule has 1 aromatic heterocycles. The summed E-state index contributed by atoms with van der Waals surface area (Å²) in [7, 11) is 0. The van der Waals surface area contributed by atoms with Crippen molar-refractivity contribution in [2.45, 2.75) is 26.7 Å². The molecule has 0 saturated carbocycles. The maximum absolute atomic E-state index is 14.0. The van der Waals surface area contributed by atoms with Crippen LogP contribution in [0.4, 0.5) is 20.4 Å². The molecule has 0 amide bonds. The predicted octanol–water partition coefficient (Wildman–Crippen LogP) is 3.10. The molecule has 2 aromatic rings. The second kappa shape index (κ2) is 7.31. The molecule has 134 valence electrons. The first-order valence-corrected chi connectivity index (χ1v) is 8.46. The van der Waals surface area contributed by atoms with Crippen LogP contribution in [0.2, 0.25) is 0 Å². The molecular weight excluding hydrogens is 326 g/mol. The Morgan fingerprint density at radius 2 is 1.80 bits per heavy atom. The normalized spacial score (nSPS) is 14.8. The molecule has 2 N–H and O–H groups in total. The van der Waals surface area contributed by atoms with Gasteiger partial charge in [0.25, 0.3) is 0 Å². The van der Waals surface area contributed by atoms with E-state index in [9.17, 15) is 8.78 Å². The highest BCUT2D eigenvalue weighted by Crippen LogP contribution is 2.30. The van der Waals surface area contributed by atoms with Crippen molar-refractivity contribution in [1.29, 1.82) is 0 Å². The van der Waals surface area contributed by atoms with E-state index in [0.717, 1.165) is 24.1 Å². The number of anilines is 2. The van der Waals surface area contributed by atoms with E-state index in [-0.39, 0.29) is 0 Å². The average molecular weight is 348 g/mol. The van der Waals surface area contributed by atoms with E-state index in [2.05, 4.69) is 9.97 Å². The molecule has 2 heterocycles. The lowest BCUT2D eigenvalue weighted by atomic mass is 10.0. The van der Waals surface area contributed by atoms with Crippen molar-refractivity contribution in [2.24, 2.45) is 0 Å². The van der Waals surface area contributed by atoms with Gasteiger partial charge in [-0.3, -0.25) is 0 Å². The Labute approximate surface area is 145 Å². The minimum Gasteiger partial charge on any atom is -0.394 e. The van der Waals surface area contributed by atoms with Gasteiger partial charge in [-0.2, -0.15) is 0 Å². The third-order valence-corrected chi connectivity index (χ3v) is 4.35. The number of nitrogens with zero attached hydrogens (tertiary/aromatic N) is 3. The van der Waals surface area contributed by atoms with E-state index >= 15 is 0 Å². The quantitative estimate of drug-likeness (QED) is 0.860. The molecule has 1 aliphatic heterocycles. The number of nitrogen functional groups attached to an aromatic ring is 1. The van der Waals surface area contributed by atoms with Crippen molar-refractivity contribution in [1.82, 2.24) is 9.97 Å². The lowest BCUT2D eigenvalue weighted by Gasteiger charge is -2.28.